The van der Waals surface area contributed by atoms with E-state index >= 15 is 0 Å². The van der Waals surface area contributed by atoms with Crippen molar-refractivity contribution in [3.8, 4) is 0 Å². The van der Waals surface area contributed by atoms with Gasteiger partial charge in [-0.15, -0.1) is 11.3 Å². The molecule has 1 N–H and O–H groups in total. The van der Waals surface area contributed by atoms with Gasteiger partial charge in [-0.2, -0.15) is 0 Å². The lowest BCUT2D eigenvalue weighted by Crippen LogP contribution is -2.63. The summed E-state index contributed by atoms with van der Waals surface area (Å²) in [6, 6.07) is 9.38. The number of hydrogen-bond acceptors (Lipinski definition) is 7. The van der Waals surface area contributed by atoms with E-state index in [-0.39, 0.29) is 5.91 Å². The summed E-state index contributed by atoms with van der Waals surface area (Å²) in [6.45, 7) is 2.63. The van der Waals surface area contributed by atoms with Crippen molar-refractivity contribution in [2.24, 2.45) is 4.99 Å². The molecular formula is C19H21N5O2S2. The van der Waals surface area contributed by atoms with Crippen LogP contribution < -0.4 is 5.32 Å². The summed E-state index contributed by atoms with van der Waals surface area (Å²) in [5.41, 5.74) is 2.23. The van der Waals surface area contributed by atoms with Crippen LogP contribution in [0.3, 0.4) is 0 Å². The lowest BCUT2D eigenvalue weighted by Gasteiger charge is -2.36. The van der Waals surface area contributed by atoms with E-state index in [1.165, 1.54) is 22.2 Å². The number of carbonyl (C=O) groups excluding carboxylic acids is 2. The van der Waals surface area contributed by atoms with Crippen LogP contribution >= 0.6 is 23.1 Å². The molecule has 146 valence electrons. The number of amidine groups is 1. The number of aryl methyl sites for hydroxylation is 2. The van der Waals surface area contributed by atoms with Crippen molar-refractivity contribution in [2.45, 2.75) is 36.3 Å². The van der Waals surface area contributed by atoms with E-state index in [2.05, 4.69) is 22.4 Å². The molecule has 9 heteroatoms. The molecule has 0 spiro atoms. The minimum absolute atomic E-state index is 0.289. The standard InChI is InChI=1S/C19H21N5O2S2/c1-12-11-27-19(20-12)28-18-21-15-14(16(25)22-17(26)23(15)2)24(18)10-6-9-13-7-4-3-5-8-13/h3-5,7-8,11,14-15H,6,9-10H2,1-2H3,(H,22,25,26). The highest BCUT2D eigenvalue weighted by atomic mass is 32.2. The van der Waals surface area contributed by atoms with Crippen molar-refractivity contribution in [1.29, 1.82) is 0 Å². The maximum absolute atomic E-state index is 12.6. The molecule has 1 saturated heterocycles. The van der Waals surface area contributed by atoms with Crippen molar-refractivity contribution in [2.75, 3.05) is 13.6 Å². The number of nitrogens with zero attached hydrogens (tertiary/aromatic N) is 4. The Kier molecular flexibility index (Phi) is 5.36. The second-order valence-electron chi connectivity index (χ2n) is 6.81. The summed E-state index contributed by atoms with van der Waals surface area (Å²) in [6.07, 6.45) is 1.30. The Morgan fingerprint density at radius 1 is 1.25 bits per heavy atom. The summed E-state index contributed by atoms with van der Waals surface area (Å²) >= 11 is 3.02. The molecule has 0 radical (unpaired) electrons. The number of aliphatic imine (C=N–C) groups is 1. The van der Waals surface area contributed by atoms with E-state index in [1.54, 1.807) is 18.4 Å². The van der Waals surface area contributed by atoms with E-state index < -0.39 is 18.2 Å². The molecular weight excluding hydrogens is 394 g/mol. The fourth-order valence-corrected chi connectivity index (χ4v) is 5.29. The number of thioether (sulfide) groups is 1. The smallest absolute Gasteiger partial charge is 0.325 e. The van der Waals surface area contributed by atoms with E-state index in [4.69, 9.17) is 4.99 Å². The minimum Gasteiger partial charge on any atom is -0.335 e. The second kappa shape index (κ2) is 7.92. The third-order valence-electron chi connectivity index (χ3n) is 4.81. The first-order valence-corrected chi connectivity index (χ1v) is 10.8. The largest absolute Gasteiger partial charge is 0.335 e. The quantitative estimate of drug-likeness (QED) is 0.812. The molecule has 1 fully saturated rings. The maximum Gasteiger partial charge on any atom is 0.325 e. The molecule has 4 rings (SSSR count). The van der Waals surface area contributed by atoms with Gasteiger partial charge in [-0.25, -0.2) is 14.8 Å². The van der Waals surface area contributed by atoms with Gasteiger partial charge in [0.2, 0.25) is 0 Å². The Morgan fingerprint density at radius 3 is 2.75 bits per heavy atom. The maximum atomic E-state index is 12.6. The molecule has 7 nitrogen and oxygen atoms in total. The number of amides is 3. The monoisotopic (exact) mass is 415 g/mol. The molecule has 2 unspecified atom stereocenters. The average Bonchev–Trinajstić information content (AvgIpc) is 3.25. The average molecular weight is 416 g/mol. The molecule has 2 aliphatic heterocycles. The highest BCUT2D eigenvalue weighted by Gasteiger charge is 2.48. The van der Waals surface area contributed by atoms with Crippen LogP contribution in [-0.2, 0) is 11.2 Å². The van der Waals surface area contributed by atoms with Crippen molar-refractivity contribution in [3.05, 3.63) is 47.0 Å². The van der Waals surface area contributed by atoms with Gasteiger partial charge in [0.05, 0.1) is 0 Å². The zero-order chi connectivity index (χ0) is 19.7. The number of fused-ring (bicyclic) bond motifs is 1. The second-order valence-corrected chi connectivity index (χ2v) is 8.89. The van der Waals surface area contributed by atoms with Crippen LogP contribution in [0, 0.1) is 6.92 Å². The number of urea groups is 1. The number of carbonyl (C=O) groups is 2. The van der Waals surface area contributed by atoms with E-state index in [9.17, 15) is 9.59 Å². The number of aromatic nitrogens is 1. The molecule has 2 atom stereocenters. The van der Waals surface area contributed by atoms with Crippen LogP contribution in [0.25, 0.3) is 0 Å². The van der Waals surface area contributed by atoms with Gasteiger partial charge in [-0.1, -0.05) is 30.3 Å². The first-order chi connectivity index (χ1) is 13.5. The van der Waals surface area contributed by atoms with Gasteiger partial charge in [0.15, 0.2) is 21.7 Å². The van der Waals surface area contributed by atoms with Crippen LogP contribution in [0.1, 0.15) is 17.7 Å². The lowest BCUT2D eigenvalue weighted by molar-refractivity contribution is -0.127. The van der Waals surface area contributed by atoms with Crippen LogP contribution in [0.5, 0.6) is 0 Å². The number of likely N-dealkylation sites (N-methyl/N-ethyl adjacent to an activating group) is 1. The topological polar surface area (TPSA) is 77.9 Å². The third-order valence-corrected chi connectivity index (χ3v) is 6.89. The summed E-state index contributed by atoms with van der Waals surface area (Å²) in [7, 11) is 1.67. The number of thiazole rings is 1. The van der Waals surface area contributed by atoms with Crippen molar-refractivity contribution >= 4 is 40.2 Å². The van der Waals surface area contributed by atoms with Gasteiger partial charge in [-0.3, -0.25) is 10.1 Å². The SMILES string of the molecule is Cc1csc(SC2=NC3C(C(=O)NC(=O)N3C)N2CCCc2ccccc2)n1. The van der Waals surface area contributed by atoms with Crippen molar-refractivity contribution in [1.82, 2.24) is 20.1 Å². The van der Waals surface area contributed by atoms with E-state index in [0.29, 0.717) is 6.54 Å². The van der Waals surface area contributed by atoms with Crippen LogP contribution in [0.4, 0.5) is 4.79 Å². The Bertz CT molecular complexity index is 914. The molecule has 0 aliphatic carbocycles. The zero-order valence-corrected chi connectivity index (χ0v) is 17.3. The van der Waals surface area contributed by atoms with Gasteiger partial charge in [0.25, 0.3) is 5.91 Å². The number of benzene rings is 1. The third kappa shape index (κ3) is 3.77. The van der Waals surface area contributed by atoms with Gasteiger partial charge < -0.3 is 9.80 Å². The number of rotatable bonds is 5. The van der Waals surface area contributed by atoms with Gasteiger partial charge >= 0.3 is 6.03 Å². The summed E-state index contributed by atoms with van der Waals surface area (Å²) < 4.78 is 0.886. The van der Waals surface area contributed by atoms with E-state index in [0.717, 1.165) is 28.0 Å². The molecule has 28 heavy (non-hydrogen) atoms. The highest BCUT2D eigenvalue weighted by molar-refractivity contribution is 8.15. The van der Waals surface area contributed by atoms with Crippen LogP contribution in [0.2, 0.25) is 0 Å². The Labute approximate surface area is 171 Å². The molecule has 1 aromatic carbocycles. The highest BCUT2D eigenvalue weighted by Crippen LogP contribution is 2.33. The molecule has 0 bridgehead atoms. The molecule has 0 saturated carbocycles. The zero-order valence-electron chi connectivity index (χ0n) is 15.7. The fraction of sp³-hybridized carbons (Fsp3) is 0.368. The molecule has 1 aromatic heterocycles. The number of nitrogens with one attached hydrogen (secondary N) is 1. The fourth-order valence-electron chi connectivity index (χ4n) is 3.38. The van der Waals surface area contributed by atoms with Crippen LogP contribution in [-0.4, -0.2) is 57.7 Å². The van der Waals surface area contributed by atoms with Crippen molar-refractivity contribution < 1.29 is 9.59 Å². The number of imide groups is 1. The minimum atomic E-state index is -0.499. The number of hydrogen-bond donors (Lipinski definition) is 1. The van der Waals surface area contributed by atoms with Gasteiger partial charge in [0.1, 0.15) is 0 Å². The Morgan fingerprint density at radius 2 is 2.04 bits per heavy atom. The Balaban J connectivity index is 1.53. The first kappa shape index (κ1) is 18.9. The summed E-state index contributed by atoms with van der Waals surface area (Å²) in [4.78, 5) is 37.3. The first-order valence-electron chi connectivity index (χ1n) is 9.09. The normalized spacial score (nSPS) is 21.6. The Hall–Kier alpha value is -2.39. The van der Waals surface area contributed by atoms with Crippen molar-refractivity contribution in [3.63, 3.8) is 0 Å². The van der Waals surface area contributed by atoms with Gasteiger partial charge in [-0.05, 0) is 37.1 Å². The molecule has 2 aromatic rings. The molecule has 3 heterocycles. The van der Waals surface area contributed by atoms with E-state index in [1.807, 2.05) is 35.4 Å². The predicted octanol–water partition coefficient (Wildman–Crippen LogP) is 2.72. The summed E-state index contributed by atoms with van der Waals surface area (Å²) in [5.74, 6) is -0.289. The van der Waals surface area contributed by atoms with Crippen LogP contribution in [0.15, 0.2) is 45.0 Å². The lowest BCUT2D eigenvalue weighted by atomic mass is 10.1. The molecule has 3 amide bonds. The molecule has 2 aliphatic rings. The van der Waals surface area contributed by atoms with Gasteiger partial charge in [0, 0.05) is 24.7 Å². The predicted molar refractivity (Wildman–Crippen MR) is 110 cm³/mol. The summed E-state index contributed by atoms with van der Waals surface area (Å²) in [5, 5.41) is 5.18.